The Hall–Kier alpha value is -0.900. The molecule has 94 valence electrons. The Labute approximate surface area is 104 Å². The number of ether oxygens (including phenoxy) is 1. The van der Waals surface area contributed by atoms with Gasteiger partial charge in [0.15, 0.2) is 0 Å². The molecule has 3 nitrogen and oxygen atoms in total. The van der Waals surface area contributed by atoms with Crippen molar-refractivity contribution in [2.24, 2.45) is 0 Å². The molecular weight excluding hydrogens is 212 g/mol. The van der Waals surface area contributed by atoms with E-state index in [9.17, 15) is 0 Å². The highest BCUT2D eigenvalue weighted by atomic mass is 16.5. The molecule has 1 aromatic carbocycles. The molecule has 0 saturated carbocycles. The highest BCUT2D eigenvalue weighted by Crippen LogP contribution is 2.10. The summed E-state index contributed by atoms with van der Waals surface area (Å²) >= 11 is 0. The molecule has 0 aromatic heterocycles. The topological polar surface area (TPSA) is 15.7 Å². The standard InChI is InChI=1S/C14H22N2O/c1-15-7-9-16(10-8-15)11-13-3-5-14(6-4-13)12-17-2/h3-6H,7-12H2,1-2H3. The lowest BCUT2D eigenvalue weighted by Gasteiger charge is -2.32. The summed E-state index contributed by atoms with van der Waals surface area (Å²) in [6, 6.07) is 8.75. The van der Waals surface area contributed by atoms with Crippen LogP contribution in [0.15, 0.2) is 24.3 Å². The van der Waals surface area contributed by atoms with Crippen LogP contribution in [-0.4, -0.2) is 50.1 Å². The fourth-order valence-electron chi connectivity index (χ4n) is 2.17. The second-order valence-corrected chi connectivity index (χ2v) is 4.83. The number of likely N-dealkylation sites (N-methyl/N-ethyl adjacent to an activating group) is 1. The summed E-state index contributed by atoms with van der Waals surface area (Å²) < 4.78 is 5.11. The van der Waals surface area contributed by atoms with Crippen molar-refractivity contribution in [2.75, 3.05) is 40.3 Å². The lowest BCUT2D eigenvalue weighted by atomic mass is 10.1. The number of hydrogen-bond acceptors (Lipinski definition) is 3. The number of benzene rings is 1. The van der Waals surface area contributed by atoms with Crippen molar-refractivity contribution in [1.29, 1.82) is 0 Å². The van der Waals surface area contributed by atoms with Gasteiger partial charge in [-0.05, 0) is 18.2 Å². The quantitative estimate of drug-likeness (QED) is 0.786. The zero-order valence-electron chi connectivity index (χ0n) is 10.9. The molecule has 0 amide bonds. The lowest BCUT2D eigenvalue weighted by molar-refractivity contribution is 0.148. The molecule has 1 heterocycles. The van der Waals surface area contributed by atoms with Gasteiger partial charge in [0.25, 0.3) is 0 Å². The summed E-state index contributed by atoms with van der Waals surface area (Å²) in [6.45, 7) is 6.49. The molecule has 0 radical (unpaired) electrons. The van der Waals surface area contributed by atoms with E-state index in [1.165, 1.54) is 37.3 Å². The van der Waals surface area contributed by atoms with Crippen LogP contribution in [0.1, 0.15) is 11.1 Å². The Morgan fingerprint density at radius 1 is 1.00 bits per heavy atom. The van der Waals surface area contributed by atoms with Crippen LogP contribution in [0.5, 0.6) is 0 Å². The maximum atomic E-state index is 5.11. The van der Waals surface area contributed by atoms with E-state index < -0.39 is 0 Å². The minimum absolute atomic E-state index is 0.703. The van der Waals surface area contributed by atoms with Crippen LogP contribution in [0.3, 0.4) is 0 Å². The first-order chi connectivity index (χ1) is 8.28. The van der Waals surface area contributed by atoms with Crippen molar-refractivity contribution < 1.29 is 4.74 Å². The highest BCUT2D eigenvalue weighted by molar-refractivity contribution is 5.22. The Balaban J connectivity index is 1.86. The van der Waals surface area contributed by atoms with Gasteiger partial charge in [-0.15, -0.1) is 0 Å². The van der Waals surface area contributed by atoms with Crippen molar-refractivity contribution in [1.82, 2.24) is 9.80 Å². The minimum atomic E-state index is 0.703. The molecule has 1 saturated heterocycles. The van der Waals surface area contributed by atoms with Gasteiger partial charge < -0.3 is 9.64 Å². The Kier molecular flexibility index (Phi) is 4.54. The van der Waals surface area contributed by atoms with Crippen molar-refractivity contribution in [2.45, 2.75) is 13.2 Å². The van der Waals surface area contributed by atoms with Crippen molar-refractivity contribution >= 4 is 0 Å². The lowest BCUT2D eigenvalue weighted by Crippen LogP contribution is -2.43. The predicted molar refractivity (Wildman–Crippen MR) is 69.9 cm³/mol. The molecule has 3 heteroatoms. The van der Waals surface area contributed by atoms with Gasteiger partial charge >= 0.3 is 0 Å². The van der Waals surface area contributed by atoms with Gasteiger partial charge in [-0.1, -0.05) is 24.3 Å². The van der Waals surface area contributed by atoms with E-state index in [1.807, 2.05) is 0 Å². The molecule has 0 N–H and O–H groups in total. The van der Waals surface area contributed by atoms with Crippen LogP contribution < -0.4 is 0 Å². The Bertz CT molecular complexity index is 329. The van der Waals surface area contributed by atoms with Gasteiger partial charge in [0.05, 0.1) is 6.61 Å². The first-order valence-corrected chi connectivity index (χ1v) is 6.25. The summed E-state index contributed by atoms with van der Waals surface area (Å²) in [5.41, 5.74) is 2.64. The summed E-state index contributed by atoms with van der Waals surface area (Å²) in [4.78, 5) is 4.91. The summed E-state index contributed by atoms with van der Waals surface area (Å²) in [5, 5.41) is 0. The summed E-state index contributed by atoms with van der Waals surface area (Å²) in [6.07, 6.45) is 0. The first-order valence-electron chi connectivity index (χ1n) is 6.25. The van der Waals surface area contributed by atoms with Gasteiger partial charge in [0.2, 0.25) is 0 Å². The number of rotatable bonds is 4. The van der Waals surface area contributed by atoms with E-state index in [4.69, 9.17) is 4.74 Å². The van der Waals surface area contributed by atoms with Gasteiger partial charge in [-0.3, -0.25) is 4.90 Å². The molecule has 1 aromatic rings. The Morgan fingerprint density at radius 3 is 2.18 bits per heavy atom. The second kappa shape index (κ2) is 6.15. The van der Waals surface area contributed by atoms with Crippen LogP contribution in [-0.2, 0) is 17.9 Å². The van der Waals surface area contributed by atoms with E-state index >= 15 is 0 Å². The smallest absolute Gasteiger partial charge is 0.0713 e. The van der Waals surface area contributed by atoms with Crippen LogP contribution in [0.4, 0.5) is 0 Å². The zero-order chi connectivity index (χ0) is 12.1. The number of hydrogen-bond donors (Lipinski definition) is 0. The zero-order valence-corrected chi connectivity index (χ0v) is 10.9. The maximum absolute atomic E-state index is 5.11. The molecule has 0 bridgehead atoms. The van der Waals surface area contributed by atoms with Crippen molar-refractivity contribution in [3.63, 3.8) is 0 Å². The van der Waals surface area contributed by atoms with E-state index in [-0.39, 0.29) is 0 Å². The third-order valence-electron chi connectivity index (χ3n) is 3.34. The molecule has 0 spiro atoms. The van der Waals surface area contributed by atoms with E-state index in [0.29, 0.717) is 6.61 Å². The molecule has 2 rings (SSSR count). The number of nitrogens with zero attached hydrogens (tertiary/aromatic N) is 2. The predicted octanol–water partition coefficient (Wildman–Crippen LogP) is 1.58. The Morgan fingerprint density at radius 2 is 1.59 bits per heavy atom. The summed E-state index contributed by atoms with van der Waals surface area (Å²) in [5.74, 6) is 0. The van der Waals surface area contributed by atoms with Gasteiger partial charge in [-0.2, -0.15) is 0 Å². The molecule has 0 unspecified atom stereocenters. The largest absolute Gasteiger partial charge is 0.380 e. The van der Waals surface area contributed by atoms with Crippen LogP contribution in [0.2, 0.25) is 0 Å². The summed E-state index contributed by atoms with van der Waals surface area (Å²) in [7, 11) is 3.93. The minimum Gasteiger partial charge on any atom is -0.380 e. The fourth-order valence-corrected chi connectivity index (χ4v) is 2.17. The molecular formula is C14H22N2O. The number of methoxy groups -OCH3 is 1. The molecule has 1 fully saturated rings. The normalized spacial score (nSPS) is 18.5. The van der Waals surface area contributed by atoms with Crippen molar-refractivity contribution in [3.8, 4) is 0 Å². The molecule has 0 aliphatic carbocycles. The average Bonchev–Trinajstić information content (AvgIpc) is 2.35. The monoisotopic (exact) mass is 234 g/mol. The van der Waals surface area contributed by atoms with Gasteiger partial charge in [0, 0.05) is 39.8 Å². The van der Waals surface area contributed by atoms with Crippen LogP contribution in [0.25, 0.3) is 0 Å². The van der Waals surface area contributed by atoms with E-state index in [2.05, 4.69) is 41.1 Å². The molecule has 1 aliphatic heterocycles. The average molecular weight is 234 g/mol. The first kappa shape index (κ1) is 12.6. The second-order valence-electron chi connectivity index (χ2n) is 4.83. The maximum Gasteiger partial charge on any atom is 0.0713 e. The van der Waals surface area contributed by atoms with Crippen molar-refractivity contribution in [3.05, 3.63) is 35.4 Å². The van der Waals surface area contributed by atoms with Crippen LogP contribution in [0, 0.1) is 0 Å². The molecule has 17 heavy (non-hydrogen) atoms. The number of piperazine rings is 1. The highest BCUT2D eigenvalue weighted by Gasteiger charge is 2.13. The van der Waals surface area contributed by atoms with Crippen LogP contribution >= 0.6 is 0 Å². The molecule has 0 atom stereocenters. The third-order valence-corrected chi connectivity index (χ3v) is 3.34. The van der Waals surface area contributed by atoms with E-state index in [0.717, 1.165) is 6.54 Å². The fraction of sp³-hybridized carbons (Fsp3) is 0.571. The third kappa shape index (κ3) is 3.80. The molecule has 1 aliphatic rings. The van der Waals surface area contributed by atoms with Gasteiger partial charge in [-0.25, -0.2) is 0 Å². The SMILES string of the molecule is COCc1ccc(CN2CCN(C)CC2)cc1. The van der Waals surface area contributed by atoms with E-state index in [1.54, 1.807) is 7.11 Å². The van der Waals surface area contributed by atoms with Gasteiger partial charge in [0.1, 0.15) is 0 Å².